The minimum absolute atomic E-state index is 0.0282. The highest BCUT2D eigenvalue weighted by Crippen LogP contribution is 2.50. The maximum atomic E-state index is 13.3. The number of nitrogens with zero attached hydrogens (tertiary/aromatic N) is 1. The van der Waals surface area contributed by atoms with Crippen molar-refractivity contribution in [3.63, 3.8) is 0 Å². The molecule has 1 atom stereocenters. The van der Waals surface area contributed by atoms with Crippen LogP contribution in [-0.2, 0) is 36.3 Å². The number of ether oxygens (including phenoxy) is 1. The summed E-state index contributed by atoms with van der Waals surface area (Å²) in [5.74, 6) is -1.31. The van der Waals surface area contributed by atoms with Crippen molar-refractivity contribution in [1.29, 1.82) is 0 Å². The van der Waals surface area contributed by atoms with Crippen LogP contribution < -0.4 is 5.32 Å². The van der Waals surface area contributed by atoms with Crippen LogP contribution in [0, 0.1) is 5.92 Å². The summed E-state index contributed by atoms with van der Waals surface area (Å²) < 4.78 is 108. The Morgan fingerprint density at radius 1 is 1.03 bits per heavy atom. The van der Waals surface area contributed by atoms with Gasteiger partial charge >= 0.3 is 12.4 Å². The summed E-state index contributed by atoms with van der Waals surface area (Å²) in [6, 6.07) is 5.04. The fourth-order valence-electron chi connectivity index (χ4n) is 4.43. The van der Waals surface area contributed by atoms with Gasteiger partial charge in [-0.3, -0.25) is 9.59 Å². The van der Waals surface area contributed by atoms with E-state index in [0.717, 1.165) is 18.4 Å². The zero-order valence-electron chi connectivity index (χ0n) is 20.1. The van der Waals surface area contributed by atoms with Gasteiger partial charge in [-0.2, -0.15) is 26.3 Å². The van der Waals surface area contributed by atoms with Crippen LogP contribution in [0.4, 0.5) is 32.0 Å². The number of fused-ring (bicyclic) bond motifs is 1. The summed E-state index contributed by atoms with van der Waals surface area (Å²) in [6.45, 7) is 0.624. The Balaban J connectivity index is 1.63. The average Bonchev–Trinajstić information content (AvgIpc) is 3.18. The quantitative estimate of drug-likeness (QED) is 0.507. The van der Waals surface area contributed by atoms with E-state index in [9.17, 15) is 49.5 Å². The second-order valence-electron chi connectivity index (χ2n) is 9.44. The molecule has 1 fully saturated rings. The second kappa shape index (κ2) is 9.78. The monoisotopic (exact) mass is 580 g/mol. The molecule has 2 aliphatic heterocycles. The molecule has 4 rings (SSSR count). The fourth-order valence-corrected chi connectivity index (χ4v) is 5.11. The molecule has 39 heavy (non-hydrogen) atoms. The van der Waals surface area contributed by atoms with E-state index < -0.39 is 51.2 Å². The first-order valence-corrected chi connectivity index (χ1v) is 13.3. The highest BCUT2D eigenvalue weighted by Gasteiger charge is 2.71. The number of rotatable bonds is 6. The van der Waals surface area contributed by atoms with E-state index in [-0.39, 0.29) is 29.5 Å². The number of sulfone groups is 1. The molecule has 0 bridgehead atoms. The standard InChI is InChI=1S/C24H22F6N2O6S/c1-39(36,37)17-6-7-18-14(9-17)10-32(19(33)8-13-11-38-12-13)20(18)21(34)31-16-4-2-15(3-5-16)22(35,23(25,26)27)24(28,29)30/h2-7,9,13,20,35H,8,10-12H2,1H3,(H,31,34). The van der Waals surface area contributed by atoms with E-state index in [2.05, 4.69) is 5.32 Å². The Morgan fingerprint density at radius 3 is 2.10 bits per heavy atom. The van der Waals surface area contributed by atoms with Crippen molar-refractivity contribution in [2.75, 3.05) is 24.8 Å². The lowest BCUT2D eigenvalue weighted by Gasteiger charge is -2.32. The van der Waals surface area contributed by atoms with Gasteiger partial charge in [0.25, 0.3) is 11.5 Å². The van der Waals surface area contributed by atoms with Crippen molar-refractivity contribution in [2.24, 2.45) is 5.92 Å². The highest BCUT2D eigenvalue weighted by atomic mass is 32.2. The molecule has 212 valence electrons. The first kappa shape index (κ1) is 28.8. The molecule has 1 unspecified atom stereocenters. The summed E-state index contributed by atoms with van der Waals surface area (Å²) in [7, 11) is -3.60. The molecule has 1 saturated heterocycles. The lowest BCUT2D eigenvalue weighted by atomic mass is 9.92. The van der Waals surface area contributed by atoms with Crippen LogP contribution in [0.5, 0.6) is 0 Å². The van der Waals surface area contributed by atoms with Gasteiger partial charge in [-0.25, -0.2) is 8.42 Å². The third-order valence-corrected chi connectivity index (χ3v) is 7.73. The molecule has 2 amide bonds. The molecule has 2 N–H and O–H groups in total. The Morgan fingerprint density at radius 2 is 1.62 bits per heavy atom. The molecule has 0 aromatic heterocycles. The molecule has 2 heterocycles. The largest absolute Gasteiger partial charge is 0.430 e. The predicted molar refractivity (Wildman–Crippen MR) is 123 cm³/mol. The van der Waals surface area contributed by atoms with Crippen LogP contribution >= 0.6 is 0 Å². The van der Waals surface area contributed by atoms with Crippen molar-refractivity contribution in [1.82, 2.24) is 4.90 Å². The maximum absolute atomic E-state index is 13.3. The third-order valence-electron chi connectivity index (χ3n) is 6.62. The fraction of sp³-hybridized carbons (Fsp3) is 0.417. The van der Waals surface area contributed by atoms with Gasteiger partial charge in [-0.05, 0) is 35.4 Å². The third kappa shape index (κ3) is 5.34. The molecule has 0 radical (unpaired) electrons. The van der Waals surface area contributed by atoms with Crippen LogP contribution in [-0.4, -0.2) is 62.1 Å². The van der Waals surface area contributed by atoms with E-state index in [1.807, 2.05) is 0 Å². The predicted octanol–water partition coefficient (Wildman–Crippen LogP) is 3.46. The molecule has 15 heteroatoms. The van der Waals surface area contributed by atoms with Gasteiger partial charge < -0.3 is 20.1 Å². The number of benzene rings is 2. The van der Waals surface area contributed by atoms with Crippen LogP contribution in [0.2, 0.25) is 0 Å². The Bertz CT molecular complexity index is 1370. The molecule has 8 nitrogen and oxygen atoms in total. The van der Waals surface area contributed by atoms with Gasteiger partial charge in [-0.1, -0.05) is 18.2 Å². The minimum Gasteiger partial charge on any atom is -0.381 e. The molecular formula is C24H22F6N2O6S. The van der Waals surface area contributed by atoms with Crippen LogP contribution in [0.15, 0.2) is 47.4 Å². The van der Waals surface area contributed by atoms with E-state index >= 15 is 0 Å². The summed E-state index contributed by atoms with van der Waals surface area (Å²) in [5, 5.41) is 11.9. The smallest absolute Gasteiger partial charge is 0.381 e. The topological polar surface area (TPSA) is 113 Å². The molecule has 2 aliphatic rings. The van der Waals surface area contributed by atoms with Crippen LogP contribution in [0.25, 0.3) is 0 Å². The number of hydrogen-bond acceptors (Lipinski definition) is 6. The SMILES string of the molecule is CS(=O)(=O)c1ccc2c(c1)CN(C(=O)CC1COC1)C2C(=O)Nc1ccc(C(O)(C(F)(F)F)C(F)(F)F)cc1. The van der Waals surface area contributed by atoms with Crippen LogP contribution in [0.3, 0.4) is 0 Å². The summed E-state index contributed by atoms with van der Waals surface area (Å²) >= 11 is 0. The lowest BCUT2D eigenvalue weighted by Crippen LogP contribution is -2.53. The highest BCUT2D eigenvalue weighted by molar-refractivity contribution is 7.90. The lowest BCUT2D eigenvalue weighted by molar-refractivity contribution is -0.376. The van der Waals surface area contributed by atoms with Crippen LogP contribution in [0.1, 0.15) is 29.2 Å². The number of nitrogens with one attached hydrogen (secondary N) is 1. The molecule has 2 aromatic carbocycles. The number of amides is 2. The molecule has 0 spiro atoms. The zero-order chi connectivity index (χ0) is 29.0. The molecular weight excluding hydrogens is 558 g/mol. The molecule has 0 aliphatic carbocycles. The van der Waals surface area contributed by atoms with Gasteiger partial charge in [0.1, 0.15) is 6.04 Å². The van der Waals surface area contributed by atoms with Crippen molar-refractivity contribution in [2.45, 2.75) is 41.9 Å². The number of carbonyl (C=O) groups is 2. The van der Waals surface area contributed by atoms with E-state index in [1.165, 1.54) is 23.1 Å². The molecule has 0 saturated carbocycles. The Labute approximate surface area is 218 Å². The summed E-state index contributed by atoms with van der Waals surface area (Å²) in [5.41, 5.74) is -6.11. The summed E-state index contributed by atoms with van der Waals surface area (Å²) in [4.78, 5) is 27.5. The average molecular weight is 581 g/mol. The van der Waals surface area contributed by atoms with Crippen molar-refractivity contribution >= 4 is 27.3 Å². The van der Waals surface area contributed by atoms with E-state index in [0.29, 0.717) is 36.5 Å². The number of hydrogen-bond donors (Lipinski definition) is 2. The Hall–Kier alpha value is -3.17. The summed E-state index contributed by atoms with van der Waals surface area (Å²) in [6.07, 6.45) is -11.1. The second-order valence-corrected chi connectivity index (χ2v) is 11.5. The molecule has 2 aromatic rings. The van der Waals surface area contributed by atoms with Gasteiger partial charge in [0.2, 0.25) is 5.91 Å². The Kier molecular flexibility index (Phi) is 7.23. The first-order chi connectivity index (χ1) is 17.9. The number of aliphatic hydroxyl groups is 1. The van der Waals surface area contributed by atoms with Crippen molar-refractivity contribution < 1.29 is 54.2 Å². The van der Waals surface area contributed by atoms with Crippen molar-refractivity contribution in [3.8, 4) is 0 Å². The number of anilines is 1. The number of carbonyl (C=O) groups excluding carboxylic acids is 2. The zero-order valence-corrected chi connectivity index (χ0v) is 21.0. The maximum Gasteiger partial charge on any atom is 0.430 e. The number of alkyl halides is 6. The van der Waals surface area contributed by atoms with Gasteiger partial charge in [-0.15, -0.1) is 0 Å². The van der Waals surface area contributed by atoms with Gasteiger partial charge in [0.15, 0.2) is 9.84 Å². The normalized spacial score (nSPS) is 18.5. The van der Waals surface area contributed by atoms with Crippen molar-refractivity contribution in [3.05, 3.63) is 59.2 Å². The number of halogens is 6. The van der Waals surface area contributed by atoms with Gasteiger partial charge in [0, 0.05) is 36.4 Å². The first-order valence-electron chi connectivity index (χ1n) is 11.4. The van der Waals surface area contributed by atoms with E-state index in [1.54, 1.807) is 0 Å². The van der Waals surface area contributed by atoms with Gasteiger partial charge in [0.05, 0.1) is 18.1 Å². The minimum atomic E-state index is -6.07. The van der Waals surface area contributed by atoms with E-state index in [4.69, 9.17) is 4.74 Å².